The van der Waals surface area contributed by atoms with Crippen molar-refractivity contribution in [3.63, 3.8) is 0 Å². The molecule has 1 atom stereocenters. The van der Waals surface area contributed by atoms with E-state index in [1.54, 1.807) is 0 Å². The van der Waals surface area contributed by atoms with E-state index in [0.717, 1.165) is 11.0 Å². The molecule has 1 aromatic carbocycles. The molecule has 0 N–H and O–H groups in total. The average molecular weight is 429 g/mol. The Balaban J connectivity index is 2.04. The van der Waals surface area contributed by atoms with Crippen molar-refractivity contribution in [2.24, 2.45) is 0 Å². The number of hydrogen-bond donors (Lipinski definition) is 0. The second-order valence-electron chi connectivity index (χ2n) is 10.3. The third kappa shape index (κ3) is 13.8. The molecule has 178 valence electrons. The summed E-state index contributed by atoms with van der Waals surface area (Å²) in [5, 5.41) is 0. The summed E-state index contributed by atoms with van der Waals surface area (Å²) < 4.78 is 1.01. The van der Waals surface area contributed by atoms with E-state index in [9.17, 15) is 0 Å². The van der Waals surface area contributed by atoms with Gasteiger partial charge in [-0.3, -0.25) is 0 Å². The van der Waals surface area contributed by atoms with Crippen LogP contribution in [0.2, 0.25) is 0 Å². The molecule has 1 rings (SSSR count). The zero-order chi connectivity index (χ0) is 22.6. The number of nitrogens with zero attached hydrogens (tertiary/aromatic N) is 1. The lowest BCUT2D eigenvalue weighted by Gasteiger charge is -2.38. The van der Waals surface area contributed by atoms with E-state index < -0.39 is 0 Å². The van der Waals surface area contributed by atoms with Gasteiger partial charge in [-0.1, -0.05) is 140 Å². The van der Waals surface area contributed by atoms with Gasteiger partial charge in [0, 0.05) is 12.0 Å². The Morgan fingerprint density at radius 1 is 0.677 bits per heavy atom. The van der Waals surface area contributed by atoms with Gasteiger partial charge in [0.15, 0.2) is 0 Å². The molecule has 0 aliphatic carbocycles. The molecule has 0 saturated carbocycles. The highest BCUT2D eigenvalue weighted by molar-refractivity contribution is 5.17. The van der Waals surface area contributed by atoms with Crippen LogP contribution in [-0.4, -0.2) is 25.1 Å². The maximum absolute atomic E-state index is 3.99. The molecule has 0 saturated heterocycles. The molecule has 0 aliphatic rings. The SMILES string of the molecule is C=CC[N+](C)(C)C(CCCCCCCCCCCCCCCCCC)c1ccccc1. The summed E-state index contributed by atoms with van der Waals surface area (Å²) in [6.45, 7) is 7.31. The normalized spacial score (nSPS) is 12.7. The van der Waals surface area contributed by atoms with Crippen molar-refractivity contribution in [2.75, 3.05) is 20.6 Å². The van der Waals surface area contributed by atoms with Gasteiger partial charge in [-0.05, 0) is 12.5 Å². The molecule has 0 aromatic heterocycles. The predicted octanol–water partition coefficient (Wildman–Crippen LogP) is 9.64. The lowest BCUT2D eigenvalue weighted by molar-refractivity contribution is -0.916. The van der Waals surface area contributed by atoms with Crippen LogP contribution in [-0.2, 0) is 0 Å². The fourth-order valence-electron chi connectivity index (χ4n) is 4.94. The summed E-state index contributed by atoms with van der Waals surface area (Å²) in [5.74, 6) is 0. The number of unbranched alkanes of at least 4 members (excludes halogenated alkanes) is 15. The highest BCUT2D eigenvalue weighted by atomic mass is 15.3. The van der Waals surface area contributed by atoms with E-state index >= 15 is 0 Å². The molecular formula is C30H54N+. The van der Waals surface area contributed by atoms with Crippen LogP contribution in [0.25, 0.3) is 0 Å². The van der Waals surface area contributed by atoms with Crippen LogP contribution in [0.1, 0.15) is 128 Å². The molecule has 1 unspecified atom stereocenters. The van der Waals surface area contributed by atoms with E-state index in [1.165, 1.54) is 115 Å². The maximum Gasteiger partial charge on any atom is 0.114 e. The Kier molecular flexibility index (Phi) is 16.7. The highest BCUT2D eigenvalue weighted by Gasteiger charge is 2.28. The van der Waals surface area contributed by atoms with E-state index in [4.69, 9.17) is 0 Å². The summed E-state index contributed by atoms with van der Waals surface area (Å²) >= 11 is 0. The number of rotatable bonds is 21. The van der Waals surface area contributed by atoms with Gasteiger partial charge in [-0.2, -0.15) is 0 Å². The first-order valence-corrected chi connectivity index (χ1v) is 13.6. The largest absolute Gasteiger partial charge is 0.319 e. The molecule has 0 bridgehead atoms. The van der Waals surface area contributed by atoms with Gasteiger partial charge in [-0.15, -0.1) is 0 Å². The Hall–Kier alpha value is -1.08. The lowest BCUT2D eigenvalue weighted by Crippen LogP contribution is -2.43. The Morgan fingerprint density at radius 3 is 1.52 bits per heavy atom. The third-order valence-corrected chi connectivity index (χ3v) is 6.96. The molecule has 1 aromatic rings. The molecular weight excluding hydrogens is 374 g/mol. The highest BCUT2D eigenvalue weighted by Crippen LogP contribution is 2.30. The average Bonchev–Trinajstić information content (AvgIpc) is 2.76. The van der Waals surface area contributed by atoms with E-state index in [1.807, 2.05) is 0 Å². The maximum atomic E-state index is 3.99. The quantitative estimate of drug-likeness (QED) is 0.104. The van der Waals surface area contributed by atoms with Gasteiger partial charge in [0.1, 0.15) is 6.04 Å². The molecule has 0 amide bonds. The third-order valence-electron chi connectivity index (χ3n) is 6.96. The second kappa shape index (κ2) is 18.5. The van der Waals surface area contributed by atoms with Crippen molar-refractivity contribution >= 4 is 0 Å². The summed E-state index contributed by atoms with van der Waals surface area (Å²) in [4.78, 5) is 0. The van der Waals surface area contributed by atoms with Crippen molar-refractivity contribution in [3.05, 3.63) is 48.6 Å². The van der Waals surface area contributed by atoms with Crippen LogP contribution in [0.15, 0.2) is 43.0 Å². The van der Waals surface area contributed by atoms with Crippen LogP contribution >= 0.6 is 0 Å². The Bertz CT molecular complexity index is 518. The smallest absolute Gasteiger partial charge is 0.114 e. The molecule has 31 heavy (non-hydrogen) atoms. The molecule has 1 nitrogen and oxygen atoms in total. The predicted molar refractivity (Wildman–Crippen MR) is 141 cm³/mol. The second-order valence-corrected chi connectivity index (χ2v) is 10.3. The minimum absolute atomic E-state index is 0.575. The number of benzene rings is 1. The van der Waals surface area contributed by atoms with Crippen LogP contribution in [0.3, 0.4) is 0 Å². The van der Waals surface area contributed by atoms with Gasteiger partial charge in [0.2, 0.25) is 0 Å². The van der Waals surface area contributed by atoms with E-state index in [2.05, 4.69) is 64.0 Å². The van der Waals surface area contributed by atoms with Gasteiger partial charge >= 0.3 is 0 Å². The zero-order valence-corrected chi connectivity index (χ0v) is 21.4. The number of hydrogen-bond acceptors (Lipinski definition) is 0. The van der Waals surface area contributed by atoms with Crippen LogP contribution in [0.5, 0.6) is 0 Å². The van der Waals surface area contributed by atoms with Crippen LogP contribution < -0.4 is 0 Å². The van der Waals surface area contributed by atoms with Gasteiger partial charge in [0.05, 0.1) is 20.6 Å². The molecule has 0 fully saturated rings. The van der Waals surface area contributed by atoms with Crippen LogP contribution in [0.4, 0.5) is 0 Å². The van der Waals surface area contributed by atoms with Gasteiger partial charge in [-0.25, -0.2) is 0 Å². The summed E-state index contributed by atoms with van der Waals surface area (Å²) in [6.07, 6.45) is 26.3. The number of likely N-dealkylation sites (N-methyl/N-ethyl adjacent to an activating group) is 1. The van der Waals surface area contributed by atoms with Crippen molar-refractivity contribution < 1.29 is 4.48 Å². The summed E-state index contributed by atoms with van der Waals surface area (Å²) in [5.41, 5.74) is 1.48. The first kappa shape index (κ1) is 28.0. The van der Waals surface area contributed by atoms with E-state index in [0.29, 0.717) is 6.04 Å². The Morgan fingerprint density at radius 2 is 1.10 bits per heavy atom. The number of quaternary nitrogens is 1. The monoisotopic (exact) mass is 428 g/mol. The topological polar surface area (TPSA) is 0 Å². The molecule has 0 radical (unpaired) electrons. The fourth-order valence-corrected chi connectivity index (χ4v) is 4.94. The molecule has 1 heteroatoms. The van der Waals surface area contributed by atoms with Gasteiger partial charge < -0.3 is 4.48 Å². The molecule has 0 heterocycles. The minimum Gasteiger partial charge on any atom is -0.319 e. The minimum atomic E-state index is 0.575. The van der Waals surface area contributed by atoms with Crippen molar-refractivity contribution in [1.29, 1.82) is 0 Å². The summed E-state index contributed by atoms with van der Waals surface area (Å²) in [7, 11) is 4.71. The molecule has 0 spiro atoms. The van der Waals surface area contributed by atoms with E-state index in [-0.39, 0.29) is 0 Å². The van der Waals surface area contributed by atoms with Crippen molar-refractivity contribution in [3.8, 4) is 0 Å². The van der Waals surface area contributed by atoms with Gasteiger partial charge in [0.25, 0.3) is 0 Å². The zero-order valence-electron chi connectivity index (χ0n) is 21.4. The molecule has 0 aliphatic heterocycles. The van der Waals surface area contributed by atoms with Crippen molar-refractivity contribution in [1.82, 2.24) is 0 Å². The standard InChI is InChI=1S/C30H54N/c1-5-7-8-9-10-11-12-13-14-15-16-17-18-19-20-24-27-30(31(3,4)28-6-2)29-25-22-21-23-26-29/h6,21-23,25-26,30H,2,5,7-20,24,27-28H2,1,3-4H3/q+1. The first-order chi connectivity index (χ1) is 15.1. The Labute approximate surface area is 195 Å². The lowest BCUT2D eigenvalue weighted by atomic mass is 9.96. The van der Waals surface area contributed by atoms with Crippen molar-refractivity contribution in [2.45, 2.75) is 122 Å². The first-order valence-electron chi connectivity index (χ1n) is 13.6. The summed E-state index contributed by atoms with van der Waals surface area (Å²) in [6, 6.07) is 11.7. The van der Waals surface area contributed by atoms with Crippen LogP contribution in [0, 0.1) is 0 Å². The fraction of sp³-hybridized carbons (Fsp3) is 0.733.